The molecule has 0 aromatic carbocycles. The molecule has 0 bridgehead atoms. The molecule has 2 rings (SSSR count). The van der Waals surface area contributed by atoms with Gasteiger partial charge in [0.2, 0.25) is 0 Å². The van der Waals surface area contributed by atoms with Gasteiger partial charge in [-0.2, -0.15) is 0 Å². The van der Waals surface area contributed by atoms with Gasteiger partial charge in [-0.15, -0.1) is 11.6 Å². The predicted octanol–water partition coefficient (Wildman–Crippen LogP) is 3.44. The molecular formula is C10H17Cl. The molecule has 0 nitrogen and oxygen atoms in total. The fourth-order valence-electron chi connectivity index (χ4n) is 3.00. The number of halogens is 1. The highest BCUT2D eigenvalue weighted by molar-refractivity contribution is 6.20. The molecule has 4 atom stereocenters. The lowest BCUT2D eigenvalue weighted by Crippen LogP contribution is -2.20. The maximum atomic E-state index is 6.13. The Morgan fingerprint density at radius 3 is 2.55 bits per heavy atom. The van der Waals surface area contributed by atoms with Crippen molar-refractivity contribution in [3.63, 3.8) is 0 Å². The van der Waals surface area contributed by atoms with Gasteiger partial charge in [-0.3, -0.25) is 0 Å². The summed E-state index contributed by atoms with van der Waals surface area (Å²) in [5.74, 6) is 3.01. The zero-order chi connectivity index (χ0) is 7.84. The number of hydrogen-bond acceptors (Lipinski definition) is 0. The molecule has 1 heteroatoms. The van der Waals surface area contributed by atoms with E-state index >= 15 is 0 Å². The molecule has 0 amide bonds. The standard InChI is InChI=1S/C10H17Cl/c1-7-4-8-2-3-10(11)6-9(8)5-7/h7-10H,2-6H2,1H3/t7-,8?,9?,10?/m1/s1. The minimum Gasteiger partial charge on any atom is -0.123 e. The van der Waals surface area contributed by atoms with Crippen LogP contribution in [0.25, 0.3) is 0 Å². The normalized spacial score (nSPS) is 50.7. The average molecular weight is 173 g/mol. The molecule has 0 heterocycles. The SMILES string of the molecule is C[C@@H]1CC2CCC(Cl)CC2C1. The molecule has 0 saturated heterocycles. The third kappa shape index (κ3) is 1.56. The second kappa shape index (κ2) is 2.97. The van der Waals surface area contributed by atoms with Gasteiger partial charge in [0.05, 0.1) is 0 Å². The maximum Gasteiger partial charge on any atom is 0.0338 e. The van der Waals surface area contributed by atoms with Gasteiger partial charge >= 0.3 is 0 Å². The first-order valence-corrected chi connectivity index (χ1v) is 5.33. The molecule has 0 aromatic rings. The van der Waals surface area contributed by atoms with Gasteiger partial charge in [0.25, 0.3) is 0 Å². The Hall–Kier alpha value is 0.290. The topological polar surface area (TPSA) is 0 Å². The zero-order valence-corrected chi connectivity index (χ0v) is 7.98. The summed E-state index contributed by atoms with van der Waals surface area (Å²) in [5, 5.41) is 0.501. The van der Waals surface area contributed by atoms with E-state index in [9.17, 15) is 0 Å². The zero-order valence-electron chi connectivity index (χ0n) is 7.22. The van der Waals surface area contributed by atoms with Crippen LogP contribution < -0.4 is 0 Å². The second-order valence-corrected chi connectivity index (χ2v) is 5.12. The van der Waals surface area contributed by atoms with Crippen LogP contribution in [0.15, 0.2) is 0 Å². The molecule has 3 unspecified atom stereocenters. The van der Waals surface area contributed by atoms with E-state index in [1.807, 2.05) is 0 Å². The summed E-state index contributed by atoms with van der Waals surface area (Å²) < 4.78 is 0. The summed E-state index contributed by atoms with van der Waals surface area (Å²) in [7, 11) is 0. The van der Waals surface area contributed by atoms with E-state index in [4.69, 9.17) is 11.6 Å². The van der Waals surface area contributed by atoms with E-state index in [-0.39, 0.29) is 0 Å². The Morgan fingerprint density at radius 2 is 1.73 bits per heavy atom. The van der Waals surface area contributed by atoms with Crippen molar-refractivity contribution in [2.45, 2.75) is 44.4 Å². The van der Waals surface area contributed by atoms with Crippen LogP contribution in [0.2, 0.25) is 0 Å². The summed E-state index contributed by atoms with van der Waals surface area (Å²) in [6, 6.07) is 0. The summed E-state index contributed by atoms with van der Waals surface area (Å²) in [4.78, 5) is 0. The molecule has 0 aromatic heterocycles. The minimum atomic E-state index is 0.501. The molecule has 2 aliphatic carbocycles. The van der Waals surface area contributed by atoms with E-state index in [1.165, 1.54) is 32.1 Å². The second-order valence-electron chi connectivity index (χ2n) is 4.51. The summed E-state index contributed by atoms with van der Waals surface area (Å²) in [6.45, 7) is 2.39. The van der Waals surface area contributed by atoms with Crippen LogP contribution >= 0.6 is 11.6 Å². The van der Waals surface area contributed by atoms with E-state index in [0.29, 0.717) is 5.38 Å². The van der Waals surface area contributed by atoms with Gasteiger partial charge in [0.1, 0.15) is 0 Å². The van der Waals surface area contributed by atoms with E-state index < -0.39 is 0 Å². The largest absolute Gasteiger partial charge is 0.123 e. The van der Waals surface area contributed by atoms with Crippen LogP contribution in [0.1, 0.15) is 39.0 Å². The average Bonchev–Trinajstić information content (AvgIpc) is 2.27. The predicted molar refractivity (Wildman–Crippen MR) is 48.9 cm³/mol. The molecule has 0 N–H and O–H groups in total. The van der Waals surface area contributed by atoms with Crippen LogP contribution in [-0.4, -0.2) is 5.38 Å². The molecule has 0 aliphatic heterocycles. The Kier molecular flexibility index (Phi) is 2.14. The van der Waals surface area contributed by atoms with Crippen molar-refractivity contribution in [3.8, 4) is 0 Å². The lowest BCUT2D eigenvalue weighted by atomic mass is 9.82. The summed E-state index contributed by atoms with van der Waals surface area (Å²) in [6.07, 6.45) is 6.91. The van der Waals surface area contributed by atoms with E-state index in [2.05, 4.69) is 6.92 Å². The van der Waals surface area contributed by atoms with E-state index in [1.54, 1.807) is 0 Å². The van der Waals surface area contributed by atoms with Crippen molar-refractivity contribution in [3.05, 3.63) is 0 Å². The van der Waals surface area contributed by atoms with Crippen molar-refractivity contribution in [1.29, 1.82) is 0 Å². The smallest absolute Gasteiger partial charge is 0.0338 e. The minimum absolute atomic E-state index is 0.501. The maximum absolute atomic E-state index is 6.13. The number of fused-ring (bicyclic) bond motifs is 1. The molecule has 2 fully saturated rings. The van der Waals surface area contributed by atoms with Crippen LogP contribution in [-0.2, 0) is 0 Å². The molecule has 0 radical (unpaired) electrons. The Labute approximate surface area is 74.3 Å². The Morgan fingerprint density at radius 1 is 1.00 bits per heavy atom. The van der Waals surface area contributed by atoms with Crippen molar-refractivity contribution < 1.29 is 0 Å². The van der Waals surface area contributed by atoms with Crippen molar-refractivity contribution >= 4 is 11.6 Å². The van der Waals surface area contributed by atoms with Gasteiger partial charge in [0.15, 0.2) is 0 Å². The van der Waals surface area contributed by atoms with Crippen LogP contribution in [0, 0.1) is 17.8 Å². The number of alkyl halides is 1. The molecular weight excluding hydrogens is 156 g/mol. The van der Waals surface area contributed by atoms with Gasteiger partial charge in [-0.1, -0.05) is 6.92 Å². The van der Waals surface area contributed by atoms with Gasteiger partial charge in [-0.05, 0) is 49.9 Å². The molecule has 11 heavy (non-hydrogen) atoms. The van der Waals surface area contributed by atoms with Gasteiger partial charge in [0, 0.05) is 5.38 Å². The van der Waals surface area contributed by atoms with Crippen LogP contribution in [0.4, 0.5) is 0 Å². The number of hydrogen-bond donors (Lipinski definition) is 0. The van der Waals surface area contributed by atoms with Crippen LogP contribution in [0.3, 0.4) is 0 Å². The lowest BCUT2D eigenvalue weighted by molar-refractivity contribution is 0.281. The summed E-state index contributed by atoms with van der Waals surface area (Å²) >= 11 is 6.13. The highest BCUT2D eigenvalue weighted by Crippen LogP contribution is 2.45. The first-order valence-electron chi connectivity index (χ1n) is 4.89. The molecule has 64 valence electrons. The summed E-state index contributed by atoms with van der Waals surface area (Å²) in [5.41, 5.74) is 0. The lowest BCUT2D eigenvalue weighted by Gasteiger charge is -2.28. The van der Waals surface area contributed by atoms with Crippen molar-refractivity contribution in [1.82, 2.24) is 0 Å². The molecule has 2 saturated carbocycles. The fourth-order valence-corrected chi connectivity index (χ4v) is 3.35. The first kappa shape index (κ1) is 7.91. The quantitative estimate of drug-likeness (QED) is 0.491. The van der Waals surface area contributed by atoms with Crippen molar-refractivity contribution in [2.75, 3.05) is 0 Å². The molecule has 0 spiro atoms. The Bertz CT molecular complexity index is 144. The Balaban J connectivity index is 1.97. The first-order chi connectivity index (χ1) is 5.25. The number of rotatable bonds is 0. The van der Waals surface area contributed by atoms with Crippen LogP contribution in [0.5, 0.6) is 0 Å². The molecule has 2 aliphatic rings. The third-order valence-corrected chi connectivity index (χ3v) is 3.88. The van der Waals surface area contributed by atoms with Crippen molar-refractivity contribution in [2.24, 2.45) is 17.8 Å². The third-order valence-electron chi connectivity index (χ3n) is 3.49. The van der Waals surface area contributed by atoms with Gasteiger partial charge < -0.3 is 0 Å². The highest BCUT2D eigenvalue weighted by atomic mass is 35.5. The fraction of sp³-hybridized carbons (Fsp3) is 1.00. The van der Waals surface area contributed by atoms with Gasteiger partial charge in [-0.25, -0.2) is 0 Å². The highest BCUT2D eigenvalue weighted by Gasteiger charge is 2.36. The monoisotopic (exact) mass is 172 g/mol. The van der Waals surface area contributed by atoms with E-state index in [0.717, 1.165) is 17.8 Å².